The van der Waals surface area contributed by atoms with Crippen LogP contribution >= 0.6 is 0 Å². The number of carbonyl (C=O) groups excluding carboxylic acids is 1. The first kappa shape index (κ1) is 13.6. The zero-order valence-electron chi connectivity index (χ0n) is 11.5. The minimum Gasteiger partial charge on any atom is -0.462 e. The molecule has 0 fully saturated rings. The van der Waals surface area contributed by atoms with Gasteiger partial charge in [-0.1, -0.05) is 18.2 Å². The third-order valence-electron chi connectivity index (χ3n) is 3.16. The van der Waals surface area contributed by atoms with E-state index in [1.165, 1.54) is 0 Å². The van der Waals surface area contributed by atoms with Gasteiger partial charge in [0, 0.05) is 16.9 Å². The average molecular weight is 261 g/mol. The Balaban J connectivity index is 2.77. The fraction of sp³-hybridized carbons (Fsp3) is 0.400. The molecule has 0 saturated carbocycles. The van der Waals surface area contributed by atoms with Crippen LogP contribution in [0.15, 0.2) is 24.3 Å². The topological polar surface area (TPSA) is 51.5 Å². The number of aliphatic hydroxyl groups is 1. The van der Waals surface area contributed by atoms with Gasteiger partial charge in [0.25, 0.3) is 0 Å². The summed E-state index contributed by atoms with van der Waals surface area (Å²) in [5, 5.41) is 10.5. The van der Waals surface area contributed by atoms with Crippen LogP contribution in [-0.4, -0.2) is 22.2 Å². The lowest BCUT2D eigenvalue weighted by molar-refractivity contribution is 0.0524. The van der Waals surface area contributed by atoms with Crippen LogP contribution < -0.4 is 0 Å². The van der Waals surface area contributed by atoms with Crippen LogP contribution in [-0.2, 0) is 11.3 Å². The molecular formula is C15H19NO3. The normalized spacial score (nSPS) is 11.2. The Hall–Kier alpha value is -1.81. The minimum atomic E-state index is -0.373. The highest BCUT2D eigenvalue weighted by Crippen LogP contribution is 2.30. The second kappa shape index (κ2) is 5.45. The van der Waals surface area contributed by atoms with Crippen LogP contribution in [0.5, 0.6) is 0 Å². The molecule has 0 aliphatic rings. The smallest absolute Gasteiger partial charge is 0.340 e. The lowest BCUT2D eigenvalue weighted by atomic mass is 10.1. The number of rotatable bonds is 4. The molecule has 1 N–H and O–H groups in total. The van der Waals surface area contributed by atoms with E-state index in [0.717, 1.165) is 10.9 Å². The number of hydrogen-bond acceptors (Lipinski definition) is 3. The van der Waals surface area contributed by atoms with E-state index in [-0.39, 0.29) is 18.6 Å². The van der Waals surface area contributed by atoms with Gasteiger partial charge in [-0.3, -0.25) is 0 Å². The first-order chi connectivity index (χ1) is 9.11. The number of nitrogens with zero attached hydrogens (tertiary/aromatic N) is 1. The fourth-order valence-corrected chi connectivity index (χ4v) is 2.49. The van der Waals surface area contributed by atoms with E-state index in [1.807, 2.05) is 42.7 Å². The van der Waals surface area contributed by atoms with Crippen molar-refractivity contribution in [3.8, 4) is 0 Å². The second-order valence-electron chi connectivity index (χ2n) is 4.68. The molecule has 1 aromatic heterocycles. The lowest BCUT2D eigenvalue weighted by Crippen LogP contribution is -2.11. The Morgan fingerprint density at radius 2 is 2.05 bits per heavy atom. The summed E-state index contributed by atoms with van der Waals surface area (Å²) in [4.78, 5) is 12.1. The standard InChI is InChI=1S/C15H19NO3/c1-4-19-15(18)14-11-7-5-6-8-12(11)16(10(2)3)13(14)9-17/h5-8,10,17H,4,9H2,1-3H3. The molecule has 2 aromatic rings. The van der Waals surface area contributed by atoms with Crippen molar-refractivity contribution in [3.05, 3.63) is 35.5 Å². The molecule has 1 aromatic carbocycles. The van der Waals surface area contributed by atoms with Crippen LogP contribution in [0.2, 0.25) is 0 Å². The maximum atomic E-state index is 12.1. The van der Waals surface area contributed by atoms with Gasteiger partial charge in [-0.15, -0.1) is 0 Å². The molecule has 4 heteroatoms. The van der Waals surface area contributed by atoms with Crippen molar-refractivity contribution >= 4 is 16.9 Å². The molecule has 0 radical (unpaired) electrons. The highest BCUT2D eigenvalue weighted by atomic mass is 16.5. The van der Waals surface area contributed by atoms with Gasteiger partial charge >= 0.3 is 5.97 Å². The first-order valence-corrected chi connectivity index (χ1v) is 6.51. The molecular weight excluding hydrogens is 242 g/mol. The minimum absolute atomic E-state index is 0.162. The summed E-state index contributed by atoms with van der Waals surface area (Å²) in [5.74, 6) is -0.373. The Morgan fingerprint density at radius 3 is 2.63 bits per heavy atom. The summed E-state index contributed by atoms with van der Waals surface area (Å²) in [6.07, 6.45) is 0. The number of aliphatic hydroxyl groups excluding tert-OH is 1. The molecule has 0 aliphatic heterocycles. The molecule has 2 rings (SSSR count). The highest BCUT2D eigenvalue weighted by molar-refractivity contribution is 6.06. The number of ether oxygens (including phenoxy) is 1. The predicted molar refractivity (Wildman–Crippen MR) is 74.2 cm³/mol. The van der Waals surface area contributed by atoms with Crippen molar-refractivity contribution in [1.29, 1.82) is 0 Å². The summed E-state index contributed by atoms with van der Waals surface area (Å²) in [7, 11) is 0. The molecule has 0 saturated heterocycles. The summed E-state index contributed by atoms with van der Waals surface area (Å²) in [5.41, 5.74) is 2.05. The molecule has 0 unspecified atom stereocenters. The third kappa shape index (κ3) is 2.24. The van der Waals surface area contributed by atoms with E-state index in [0.29, 0.717) is 17.9 Å². The number of carbonyl (C=O) groups is 1. The van der Waals surface area contributed by atoms with Gasteiger partial charge in [0.1, 0.15) is 0 Å². The van der Waals surface area contributed by atoms with Crippen molar-refractivity contribution < 1.29 is 14.6 Å². The second-order valence-corrected chi connectivity index (χ2v) is 4.68. The number of esters is 1. The number of para-hydroxylation sites is 1. The van der Waals surface area contributed by atoms with Gasteiger partial charge in [0.2, 0.25) is 0 Å². The van der Waals surface area contributed by atoms with Crippen molar-refractivity contribution in [3.63, 3.8) is 0 Å². The Kier molecular flexibility index (Phi) is 3.90. The number of hydrogen-bond donors (Lipinski definition) is 1. The molecule has 0 atom stereocenters. The summed E-state index contributed by atoms with van der Waals surface area (Å²) < 4.78 is 7.10. The van der Waals surface area contributed by atoms with Gasteiger partial charge in [-0.25, -0.2) is 4.79 Å². The van der Waals surface area contributed by atoms with Gasteiger partial charge in [-0.05, 0) is 26.8 Å². The fourth-order valence-electron chi connectivity index (χ4n) is 2.49. The molecule has 0 amide bonds. The molecule has 102 valence electrons. The monoisotopic (exact) mass is 261 g/mol. The zero-order chi connectivity index (χ0) is 14.0. The van der Waals surface area contributed by atoms with E-state index < -0.39 is 0 Å². The van der Waals surface area contributed by atoms with Crippen molar-refractivity contribution in [2.24, 2.45) is 0 Å². The Morgan fingerprint density at radius 1 is 1.37 bits per heavy atom. The first-order valence-electron chi connectivity index (χ1n) is 6.51. The van der Waals surface area contributed by atoms with Gasteiger partial charge < -0.3 is 14.4 Å². The van der Waals surface area contributed by atoms with Crippen molar-refractivity contribution in [1.82, 2.24) is 4.57 Å². The van der Waals surface area contributed by atoms with E-state index in [4.69, 9.17) is 4.74 Å². The van der Waals surface area contributed by atoms with Crippen LogP contribution in [0.25, 0.3) is 10.9 Å². The SMILES string of the molecule is CCOC(=O)c1c(CO)n(C(C)C)c2ccccc12. The maximum absolute atomic E-state index is 12.1. The van der Waals surface area contributed by atoms with Crippen LogP contribution in [0.4, 0.5) is 0 Å². The number of aromatic nitrogens is 1. The van der Waals surface area contributed by atoms with Crippen LogP contribution in [0.3, 0.4) is 0 Å². The predicted octanol–water partition coefficient (Wildman–Crippen LogP) is 2.89. The van der Waals surface area contributed by atoms with Crippen LogP contribution in [0, 0.1) is 0 Å². The average Bonchev–Trinajstić information content (AvgIpc) is 2.73. The van der Waals surface area contributed by atoms with Gasteiger partial charge in [0.15, 0.2) is 0 Å². The molecule has 0 bridgehead atoms. The number of benzene rings is 1. The Bertz CT molecular complexity index is 599. The van der Waals surface area contributed by atoms with E-state index in [2.05, 4.69) is 0 Å². The molecule has 1 heterocycles. The summed E-state index contributed by atoms with van der Waals surface area (Å²) >= 11 is 0. The highest BCUT2D eigenvalue weighted by Gasteiger charge is 2.23. The summed E-state index contributed by atoms with van der Waals surface area (Å²) in [6, 6.07) is 7.82. The quantitative estimate of drug-likeness (QED) is 0.861. The largest absolute Gasteiger partial charge is 0.462 e. The molecule has 0 aliphatic carbocycles. The molecule has 4 nitrogen and oxygen atoms in total. The molecule has 0 spiro atoms. The lowest BCUT2D eigenvalue weighted by Gasteiger charge is -2.13. The molecule has 19 heavy (non-hydrogen) atoms. The third-order valence-corrected chi connectivity index (χ3v) is 3.16. The van der Waals surface area contributed by atoms with Crippen molar-refractivity contribution in [2.45, 2.75) is 33.4 Å². The number of fused-ring (bicyclic) bond motifs is 1. The van der Waals surface area contributed by atoms with Crippen molar-refractivity contribution in [2.75, 3.05) is 6.61 Å². The Labute approximate surface area is 112 Å². The van der Waals surface area contributed by atoms with Crippen LogP contribution in [0.1, 0.15) is 42.9 Å². The van der Waals surface area contributed by atoms with E-state index in [9.17, 15) is 9.90 Å². The maximum Gasteiger partial charge on any atom is 0.340 e. The van der Waals surface area contributed by atoms with Gasteiger partial charge in [0.05, 0.1) is 24.5 Å². The van der Waals surface area contributed by atoms with Gasteiger partial charge in [-0.2, -0.15) is 0 Å². The van der Waals surface area contributed by atoms with E-state index in [1.54, 1.807) is 6.92 Å². The van der Waals surface area contributed by atoms with E-state index >= 15 is 0 Å². The zero-order valence-corrected chi connectivity index (χ0v) is 11.5. The summed E-state index contributed by atoms with van der Waals surface area (Å²) in [6.45, 7) is 5.98.